The van der Waals surface area contributed by atoms with Crippen LogP contribution in [-0.2, 0) is 4.74 Å². The van der Waals surface area contributed by atoms with Crippen LogP contribution in [-0.4, -0.2) is 24.2 Å². The molecule has 2 unspecified atom stereocenters. The smallest absolute Gasteiger partial charge is 0.128 e. The Kier molecular flexibility index (Phi) is 3.53. The van der Waals surface area contributed by atoms with Crippen LogP contribution >= 0.6 is 0 Å². The predicted octanol–water partition coefficient (Wildman–Crippen LogP) is 3.09. The van der Waals surface area contributed by atoms with Crippen LogP contribution in [0.3, 0.4) is 0 Å². The number of pyridine rings is 1. The molecular weight excluding hydrogens is 250 g/mol. The Balaban J connectivity index is 1.87. The maximum atomic E-state index is 9.28. The van der Waals surface area contributed by atoms with E-state index in [0.717, 1.165) is 36.0 Å². The van der Waals surface area contributed by atoms with E-state index in [2.05, 4.69) is 16.4 Å². The van der Waals surface area contributed by atoms with E-state index in [0.29, 0.717) is 17.7 Å². The van der Waals surface area contributed by atoms with Crippen molar-refractivity contribution in [2.75, 3.05) is 12.4 Å². The number of hydrogen-bond donors (Lipinski definition) is 1. The quantitative estimate of drug-likeness (QED) is 0.928. The van der Waals surface area contributed by atoms with Gasteiger partial charge in [-0.3, -0.25) is 0 Å². The number of nitrogens with zero attached hydrogens (tertiary/aromatic N) is 2. The first-order valence-electron chi connectivity index (χ1n) is 6.89. The van der Waals surface area contributed by atoms with E-state index in [9.17, 15) is 5.26 Å². The maximum absolute atomic E-state index is 9.28. The minimum Gasteiger partial charge on any atom is -0.381 e. The van der Waals surface area contributed by atoms with Gasteiger partial charge in [0.2, 0.25) is 0 Å². The van der Waals surface area contributed by atoms with E-state index >= 15 is 0 Å². The number of para-hydroxylation sites is 1. The van der Waals surface area contributed by atoms with Gasteiger partial charge in [0.1, 0.15) is 5.82 Å². The van der Waals surface area contributed by atoms with Gasteiger partial charge in [-0.25, -0.2) is 4.98 Å². The first-order valence-corrected chi connectivity index (χ1v) is 6.89. The van der Waals surface area contributed by atoms with Gasteiger partial charge in [-0.05, 0) is 31.4 Å². The van der Waals surface area contributed by atoms with Gasteiger partial charge in [-0.15, -0.1) is 0 Å². The number of ether oxygens (including phenoxy) is 1. The molecule has 20 heavy (non-hydrogen) atoms. The van der Waals surface area contributed by atoms with Crippen molar-refractivity contribution in [3.63, 3.8) is 0 Å². The van der Waals surface area contributed by atoms with Gasteiger partial charge in [0.25, 0.3) is 0 Å². The highest BCUT2D eigenvalue weighted by Gasteiger charge is 2.24. The Bertz CT molecular complexity index is 662. The lowest BCUT2D eigenvalue weighted by Gasteiger charge is -2.14. The second kappa shape index (κ2) is 5.48. The van der Waals surface area contributed by atoms with Gasteiger partial charge in [-0.2, -0.15) is 5.26 Å². The Morgan fingerprint density at radius 1 is 1.35 bits per heavy atom. The second-order valence-electron chi connectivity index (χ2n) is 5.20. The highest BCUT2D eigenvalue weighted by Crippen LogP contribution is 2.26. The number of rotatable bonds is 3. The molecule has 1 heterocycles. The van der Waals surface area contributed by atoms with Gasteiger partial charge in [-0.1, -0.05) is 18.2 Å². The molecule has 0 amide bonds. The fourth-order valence-electron chi connectivity index (χ4n) is 2.84. The first kappa shape index (κ1) is 12.9. The molecule has 1 saturated carbocycles. The van der Waals surface area contributed by atoms with Crippen molar-refractivity contribution in [1.82, 2.24) is 4.98 Å². The van der Waals surface area contributed by atoms with Crippen LogP contribution in [0.2, 0.25) is 0 Å². The summed E-state index contributed by atoms with van der Waals surface area (Å²) >= 11 is 0. The van der Waals surface area contributed by atoms with Crippen LogP contribution in [0.1, 0.15) is 24.8 Å². The molecular formula is C16H17N3O. The summed E-state index contributed by atoms with van der Waals surface area (Å²) in [7, 11) is 1.76. The predicted molar refractivity (Wildman–Crippen MR) is 78.5 cm³/mol. The molecule has 3 rings (SSSR count). The highest BCUT2D eigenvalue weighted by atomic mass is 16.5. The number of fused-ring (bicyclic) bond motifs is 1. The average Bonchev–Trinajstić information content (AvgIpc) is 2.94. The lowest BCUT2D eigenvalue weighted by molar-refractivity contribution is 0.108. The molecule has 1 aliphatic carbocycles. The number of methoxy groups -OCH3 is 1. The topological polar surface area (TPSA) is 57.9 Å². The van der Waals surface area contributed by atoms with E-state index in [1.807, 2.05) is 30.3 Å². The van der Waals surface area contributed by atoms with Crippen molar-refractivity contribution in [3.05, 3.63) is 35.9 Å². The molecule has 4 heteroatoms. The van der Waals surface area contributed by atoms with E-state index in [4.69, 9.17) is 4.74 Å². The largest absolute Gasteiger partial charge is 0.381 e. The van der Waals surface area contributed by atoms with E-state index in [-0.39, 0.29) is 0 Å². The molecule has 0 aliphatic heterocycles. The normalized spacial score (nSPS) is 21.8. The van der Waals surface area contributed by atoms with Crippen molar-refractivity contribution in [2.24, 2.45) is 0 Å². The zero-order valence-electron chi connectivity index (χ0n) is 11.5. The van der Waals surface area contributed by atoms with Crippen LogP contribution in [0.25, 0.3) is 10.9 Å². The summed E-state index contributed by atoms with van der Waals surface area (Å²) in [5.41, 5.74) is 1.52. The molecule has 1 aromatic heterocycles. The van der Waals surface area contributed by atoms with Crippen LogP contribution < -0.4 is 5.32 Å². The SMILES string of the molecule is COC1CCC(Nc2cc(C#N)c3ccccc3n2)C1. The zero-order valence-corrected chi connectivity index (χ0v) is 11.5. The molecule has 2 aromatic rings. The molecule has 102 valence electrons. The van der Waals surface area contributed by atoms with Crippen LogP contribution in [0.5, 0.6) is 0 Å². The summed E-state index contributed by atoms with van der Waals surface area (Å²) in [6.45, 7) is 0. The van der Waals surface area contributed by atoms with Crippen molar-refractivity contribution in [2.45, 2.75) is 31.4 Å². The minimum absolute atomic E-state index is 0.336. The van der Waals surface area contributed by atoms with Gasteiger partial charge in [0.15, 0.2) is 0 Å². The summed E-state index contributed by atoms with van der Waals surface area (Å²) in [6.07, 6.45) is 3.48. The van der Waals surface area contributed by atoms with Crippen LogP contribution in [0, 0.1) is 11.3 Å². The molecule has 0 radical (unpaired) electrons. The Labute approximate surface area is 118 Å². The number of anilines is 1. The third-order valence-corrected chi connectivity index (χ3v) is 3.91. The van der Waals surface area contributed by atoms with Gasteiger partial charge in [0.05, 0.1) is 23.3 Å². The Hall–Kier alpha value is -2.12. The lowest BCUT2D eigenvalue weighted by atomic mass is 10.1. The van der Waals surface area contributed by atoms with Crippen LogP contribution in [0.15, 0.2) is 30.3 Å². The molecule has 1 aromatic carbocycles. The summed E-state index contributed by atoms with van der Waals surface area (Å²) in [6, 6.07) is 12.2. The van der Waals surface area contributed by atoms with Crippen LogP contribution in [0.4, 0.5) is 5.82 Å². The third kappa shape index (κ3) is 2.45. The van der Waals surface area contributed by atoms with E-state index in [1.165, 1.54) is 0 Å². The maximum Gasteiger partial charge on any atom is 0.128 e. The zero-order chi connectivity index (χ0) is 13.9. The molecule has 4 nitrogen and oxygen atoms in total. The fourth-order valence-corrected chi connectivity index (χ4v) is 2.84. The molecule has 1 fully saturated rings. The molecule has 0 saturated heterocycles. The van der Waals surface area contributed by atoms with Gasteiger partial charge < -0.3 is 10.1 Å². The molecule has 0 spiro atoms. The standard InChI is InChI=1S/C16H17N3O/c1-20-13-7-6-12(9-13)18-16-8-11(10-17)14-4-2-3-5-15(14)19-16/h2-5,8,12-13H,6-7,9H2,1H3,(H,18,19). The van der Waals surface area contributed by atoms with Crippen molar-refractivity contribution in [3.8, 4) is 6.07 Å². The van der Waals surface area contributed by atoms with Crippen molar-refractivity contribution in [1.29, 1.82) is 5.26 Å². The summed E-state index contributed by atoms with van der Waals surface area (Å²) in [5.74, 6) is 0.780. The molecule has 0 bridgehead atoms. The summed E-state index contributed by atoms with van der Waals surface area (Å²) in [5, 5.41) is 13.6. The van der Waals surface area contributed by atoms with Gasteiger partial charge in [0, 0.05) is 18.5 Å². The highest BCUT2D eigenvalue weighted by molar-refractivity contribution is 5.86. The van der Waals surface area contributed by atoms with Crippen molar-refractivity contribution >= 4 is 16.7 Å². The monoisotopic (exact) mass is 267 g/mol. The fraction of sp³-hybridized carbons (Fsp3) is 0.375. The Morgan fingerprint density at radius 3 is 2.95 bits per heavy atom. The number of nitrogens with one attached hydrogen (secondary N) is 1. The van der Waals surface area contributed by atoms with E-state index < -0.39 is 0 Å². The van der Waals surface area contributed by atoms with Crippen molar-refractivity contribution < 1.29 is 4.74 Å². The number of aromatic nitrogens is 1. The number of nitriles is 1. The summed E-state index contributed by atoms with van der Waals surface area (Å²) < 4.78 is 5.38. The van der Waals surface area contributed by atoms with Gasteiger partial charge >= 0.3 is 0 Å². The Morgan fingerprint density at radius 2 is 2.20 bits per heavy atom. The third-order valence-electron chi connectivity index (χ3n) is 3.91. The van der Waals surface area contributed by atoms with E-state index in [1.54, 1.807) is 7.11 Å². The molecule has 1 aliphatic rings. The first-order chi connectivity index (χ1) is 9.80. The molecule has 2 atom stereocenters. The second-order valence-corrected chi connectivity index (χ2v) is 5.20. The summed E-state index contributed by atoms with van der Waals surface area (Å²) in [4.78, 5) is 4.60. The number of benzene rings is 1. The molecule has 1 N–H and O–H groups in total. The average molecular weight is 267 g/mol. The number of hydrogen-bond acceptors (Lipinski definition) is 4. The lowest BCUT2D eigenvalue weighted by Crippen LogP contribution is -2.18. The minimum atomic E-state index is 0.336.